The van der Waals surface area contributed by atoms with Gasteiger partial charge in [0, 0.05) is 23.7 Å². The van der Waals surface area contributed by atoms with Gasteiger partial charge in [-0.2, -0.15) is 0 Å². The molecule has 4 rings (SSSR count). The number of aromatic nitrogens is 1. The van der Waals surface area contributed by atoms with Crippen molar-refractivity contribution in [1.29, 1.82) is 0 Å². The number of piperidine rings is 1. The predicted molar refractivity (Wildman–Crippen MR) is 117 cm³/mol. The Bertz CT molecular complexity index is 1100. The van der Waals surface area contributed by atoms with E-state index in [2.05, 4.69) is 10.3 Å². The molecule has 154 valence electrons. The van der Waals surface area contributed by atoms with Gasteiger partial charge in [0.2, 0.25) is 0 Å². The number of carbonyl (C=O) groups is 2. The fourth-order valence-electron chi connectivity index (χ4n) is 3.40. The lowest BCUT2D eigenvalue weighted by molar-refractivity contribution is 0.0725. The molecule has 0 radical (unpaired) electrons. The highest BCUT2D eigenvalue weighted by atomic mass is 35.5. The first-order chi connectivity index (χ1) is 14.5. The van der Waals surface area contributed by atoms with Crippen LogP contribution in [0.25, 0.3) is 10.6 Å². The van der Waals surface area contributed by atoms with Crippen LogP contribution in [0.1, 0.15) is 39.3 Å². The Morgan fingerprint density at radius 3 is 2.63 bits per heavy atom. The standard InChI is InChI=1S/C22H19ClFN3O2S/c23-14-8-9-16(22(29)27-10-4-1-5-11-27)18(12-14)26-20(28)19-13-25-21(30-19)15-6-2-3-7-17(15)24/h2-3,6-9,12-13H,1,4-5,10-11H2,(H,26,28). The molecule has 1 aromatic heterocycles. The van der Waals surface area contributed by atoms with Crippen molar-refractivity contribution < 1.29 is 14.0 Å². The molecule has 0 atom stereocenters. The van der Waals surface area contributed by atoms with E-state index in [1.807, 2.05) is 0 Å². The molecule has 0 unspecified atom stereocenters. The summed E-state index contributed by atoms with van der Waals surface area (Å²) in [6.45, 7) is 1.41. The van der Waals surface area contributed by atoms with Crippen molar-refractivity contribution in [3.05, 3.63) is 69.9 Å². The highest BCUT2D eigenvalue weighted by Gasteiger charge is 2.23. The van der Waals surface area contributed by atoms with Gasteiger partial charge < -0.3 is 10.2 Å². The summed E-state index contributed by atoms with van der Waals surface area (Å²) in [5.74, 6) is -0.953. The van der Waals surface area contributed by atoms with Crippen molar-refractivity contribution in [2.75, 3.05) is 18.4 Å². The van der Waals surface area contributed by atoms with Gasteiger partial charge in [0.05, 0.1) is 17.4 Å². The fourth-order valence-corrected chi connectivity index (χ4v) is 4.41. The molecule has 3 aromatic rings. The smallest absolute Gasteiger partial charge is 0.267 e. The van der Waals surface area contributed by atoms with Gasteiger partial charge in [-0.3, -0.25) is 9.59 Å². The maximum absolute atomic E-state index is 14.0. The van der Waals surface area contributed by atoms with Gasteiger partial charge in [-0.15, -0.1) is 11.3 Å². The molecule has 1 aliphatic rings. The van der Waals surface area contributed by atoms with E-state index in [1.54, 1.807) is 41.3 Å². The maximum atomic E-state index is 14.0. The number of carbonyl (C=O) groups excluding carboxylic acids is 2. The van der Waals surface area contributed by atoms with Crippen LogP contribution in [0.15, 0.2) is 48.7 Å². The summed E-state index contributed by atoms with van der Waals surface area (Å²) >= 11 is 7.19. The van der Waals surface area contributed by atoms with E-state index in [4.69, 9.17) is 11.6 Å². The minimum atomic E-state index is -0.426. The molecule has 1 N–H and O–H groups in total. The van der Waals surface area contributed by atoms with E-state index in [0.29, 0.717) is 44.8 Å². The molecular formula is C22H19ClFN3O2S. The van der Waals surface area contributed by atoms with Crippen LogP contribution in [0.4, 0.5) is 10.1 Å². The van der Waals surface area contributed by atoms with Gasteiger partial charge in [-0.05, 0) is 49.6 Å². The number of nitrogens with one attached hydrogen (secondary N) is 1. The van der Waals surface area contributed by atoms with Crippen LogP contribution in [-0.2, 0) is 0 Å². The van der Waals surface area contributed by atoms with Crippen molar-refractivity contribution in [2.45, 2.75) is 19.3 Å². The van der Waals surface area contributed by atoms with E-state index in [-0.39, 0.29) is 5.91 Å². The number of likely N-dealkylation sites (tertiary alicyclic amines) is 1. The molecular weight excluding hydrogens is 425 g/mol. The summed E-state index contributed by atoms with van der Waals surface area (Å²) in [6, 6.07) is 11.1. The van der Waals surface area contributed by atoms with Gasteiger partial charge in [0.15, 0.2) is 0 Å². The zero-order chi connectivity index (χ0) is 21.1. The molecule has 2 amide bonds. The van der Waals surface area contributed by atoms with E-state index in [1.165, 1.54) is 12.3 Å². The van der Waals surface area contributed by atoms with Crippen molar-refractivity contribution in [2.24, 2.45) is 0 Å². The third-order valence-corrected chi connectivity index (χ3v) is 6.20. The minimum Gasteiger partial charge on any atom is -0.339 e. The second kappa shape index (κ2) is 8.93. The summed E-state index contributed by atoms with van der Waals surface area (Å²) in [4.78, 5) is 32.0. The Labute approximate surface area is 182 Å². The van der Waals surface area contributed by atoms with Crippen LogP contribution in [0.5, 0.6) is 0 Å². The quantitative estimate of drug-likeness (QED) is 0.580. The average Bonchev–Trinajstić information content (AvgIpc) is 3.25. The zero-order valence-electron chi connectivity index (χ0n) is 16.0. The van der Waals surface area contributed by atoms with E-state index in [0.717, 1.165) is 30.6 Å². The van der Waals surface area contributed by atoms with Crippen LogP contribution < -0.4 is 5.32 Å². The lowest BCUT2D eigenvalue weighted by atomic mass is 10.1. The van der Waals surface area contributed by atoms with Crippen molar-refractivity contribution >= 4 is 40.4 Å². The van der Waals surface area contributed by atoms with Crippen LogP contribution in [-0.4, -0.2) is 34.8 Å². The Kier molecular flexibility index (Phi) is 6.11. The third-order valence-electron chi connectivity index (χ3n) is 4.94. The monoisotopic (exact) mass is 443 g/mol. The lowest BCUT2D eigenvalue weighted by Gasteiger charge is -2.27. The first-order valence-corrected chi connectivity index (χ1v) is 10.8. The molecule has 30 heavy (non-hydrogen) atoms. The number of halogens is 2. The Morgan fingerprint density at radius 2 is 1.87 bits per heavy atom. The number of benzene rings is 2. The van der Waals surface area contributed by atoms with E-state index >= 15 is 0 Å². The highest BCUT2D eigenvalue weighted by Crippen LogP contribution is 2.29. The predicted octanol–water partition coefficient (Wildman–Crippen LogP) is 5.48. The van der Waals surface area contributed by atoms with E-state index in [9.17, 15) is 14.0 Å². The molecule has 0 spiro atoms. The van der Waals surface area contributed by atoms with Gasteiger partial charge >= 0.3 is 0 Å². The first-order valence-electron chi connectivity index (χ1n) is 9.64. The van der Waals surface area contributed by atoms with Crippen molar-refractivity contribution in [3.8, 4) is 10.6 Å². The number of nitrogens with zero attached hydrogens (tertiary/aromatic N) is 2. The van der Waals surface area contributed by atoms with Crippen LogP contribution >= 0.6 is 22.9 Å². The van der Waals surface area contributed by atoms with Crippen LogP contribution in [0.2, 0.25) is 5.02 Å². The summed E-state index contributed by atoms with van der Waals surface area (Å²) in [7, 11) is 0. The van der Waals surface area contributed by atoms with Gasteiger partial charge in [-0.25, -0.2) is 9.37 Å². The topological polar surface area (TPSA) is 62.3 Å². The summed E-state index contributed by atoms with van der Waals surface area (Å²) in [6.07, 6.45) is 4.46. The molecule has 0 aliphatic carbocycles. The molecule has 0 bridgehead atoms. The third kappa shape index (κ3) is 4.37. The Balaban J connectivity index is 1.57. The molecule has 2 aromatic carbocycles. The number of rotatable bonds is 4. The molecule has 8 heteroatoms. The Morgan fingerprint density at radius 1 is 1.10 bits per heavy atom. The number of hydrogen-bond acceptors (Lipinski definition) is 4. The molecule has 5 nitrogen and oxygen atoms in total. The summed E-state index contributed by atoms with van der Waals surface area (Å²) < 4.78 is 14.0. The molecule has 1 saturated heterocycles. The Hall–Kier alpha value is -2.77. The van der Waals surface area contributed by atoms with Gasteiger partial charge in [-0.1, -0.05) is 23.7 Å². The number of anilines is 1. The fraction of sp³-hybridized carbons (Fsp3) is 0.227. The number of hydrogen-bond donors (Lipinski definition) is 1. The molecule has 0 saturated carbocycles. The second-order valence-electron chi connectivity index (χ2n) is 7.01. The number of thiazole rings is 1. The minimum absolute atomic E-state index is 0.127. The zero-order valence-corrected chi connectivity index (χ0v) is 17.6. The van der Waals surface area contributed by atoms with Crippen LogP contribution in [0, 0.1) is 5.82 Å². The normalized spacial score (nSPS) is 13.9. The largest absolute Gasteiger partial charge is 0.339 e. The van der Waals surface area contributed by atoms with Crippen LogP contribution in [0.3, 0.4) is 0 Å². The van der Waals surface area contributed by atoms with Gasteiger partial charge in [0.25, 0.3) is 11.8 Å². The average molecular weight is 444 g/mol. The number of amides is 2. The van der Waals surface area contributed by atoms with Gasteiger partial charge in [0.1, 0.15) is 15.7 Å². The summed E-state index contributed by atoms with van der Waals surface area (Å²) in [5, 5.41) is 3.60. The van der Waals surface area contributed by atoms with Crippen molar-refractivity contribution in [3.63, 3.8) is 0 Å². The maximum Gasteiger partial charge on any atom is 0.267 e. The first kappa shape index (κ1) is 20.5. The SMILES string of the molecule is O=C(Nc1cc(Cl)ccc1C(=O)N1CCCCC1)c1cnc(-c2ccccc2F)s1. The molecule has 2 heterocycles. The summed E-state index contributed by atoms with van der Waals surface area (Å²) in [5.41, 5.74) is 1.09. The lowest BCUT2D eigenvalue weighted by Crippen LogP contribution is -2.36. The highest BCUT2D eigenvalue weighted by molar-refractivity contribution is 7.17. The van der Waals surface area contributed by atoms with Crippen molar-refractivity contribution in [1.82, 2.24) is 9.88 Å². The molecule has 1 aliphatic heterocycles. The second-order valence-corrected chi connectivity index (χ2v) is 8.47. The van der Waals surface area contributed by atoms with E-state index < -0.39 is 11.7 Å². The molecule has 1 fully saturated rings.